The van der Waals surface area contributed by atoms with Gasteiger partial charge in [0.15, 0.2) is 5.65 Å². The number of hydrogen-bond acceptors (Lipinski definition) is 6. The predicted octanol–water partition coefficient (Wildman–Crippen LogP) is 1.77. The molecule has 5 rings (SSSR count). The lowest BCUT2D eigenvalue weighted by atomic mass is 9.95. The standard InChI is InChI=1S/C22H25N5O4S/c28-22(18-4-3-5-19(16-18)32(29,30)26-12-14-31-15-13-26)25-10-7-17(8-11-25)21-24-23-20-6-1-2-9-27(20)21/h1-6,9,16-17H,7-8,10-15H2. The summed E-state index contributed by atoms with van der Waals surface area (Å²) in [7, 11) is -3.64. The Balaban J connectivity index is 1.29. The number of carbonyl (C=O) groups is 1. The summed E-state index contributed by atoms with van der Waals surface area (Å²) in [4.78, 5) is 15.1. The van der Waals surface area contributed by atoms with Crippen LogP contribution in [0.15, 0.2) is 53.6 Å². The molecular formula is C22H25N5O4S. The zero-order valence-corrected chi connectivity index (χ0v) is 18.4. The third kappa shape index (κ3) is 3.89. The van der Waals surface area contributed by atoms with E-state index in [-0.39, 0.29) is 16.7 Å². The van der Waals surface area contributed by atoms with E-state index >= 15 is 0 Å². The van der Waals surface area contributed by atoms with Gasteiger partial charge in [-0.1, -0.05) is 12.1 Å². The predicted molar refractivity (Wildman–Crippen MR) is 117 cm³/mol. The maximum Gasteiger partial charge on any atom is 0.253 e. The second-order valence-electron chi connectivity index (χ2n) is 8.10. The molecule has 0 atom stereocenters. The lowest BCUT2D eigenvalue weighted by molar-refractivity contribution is 0.0709. The van der Waals surface area contributed by atoms with Crippen molar-refractivity contribution >= 4 is 21.6 Å². The number of amides is 1. The Morgan fingerprint density at radius 2 is 1.75 bits per heavy atom. The quantitative estimate of drug-likeness (QED) is 0.595. The number of nitrogens with zero attached hydrogens (tertiary/aromatic N) is 5. The minimum Gasteiger partial charge on any atom is -0.379 e. The van der Waals surface area contributed by atoms with E-state index in [1.54, 1.807) is 23.1 Å². The smallest absolute Gasteiger partial charge is 0.253 e. The molecule has 9 nitrogen and oxygen atoms in total. The Hall–Kier alpha value is -2.82. The molecule has 4 heterocycles. The van der Waals surface area contributed by atoms with Gasteiger partial charge in [0.1, 0.15) is 5.82 Å². The van der Waals surface area contributed by atoms with Crippen molar-refractivity contribution in [3.8, 4) is 0 Å². The van der Waals surface area contributed by atoms with Crippen LogP contribution in [0, 0.1) is 0 Å². The van der Waals surface area contributed by atoms with Gasteiger partial charge in [0.2, 0.25) is 10.0 Å². The number of morpholine rings is 1. The minimum atomic E-state index is -3.64. The van der Waals surface area contributed by atoms with E-state index in [4.69, 9.17) is 4.74 Å². The normalized spacial score (nSPS) is 18.8. The highest BCUT2D eigenvalue weighted by Crippen LogP contribution is 2.28. The average molecular weight is 456 g/mol. The summed E-state index contributed by atoms with van der Waals surface area (Å²) < 4.78 is 34.6. The van der Waals surface area contributed by atoms with Gasteiger partial charge in [-0.2, -0.15) is 4.31 Å². The number of fused-ring (bicyclic) bond motifs is 1. The van der Waals surface area contributed by atoms with Crippen LogP contribution < -0.4 is 0 Å². The van der Waals surface area contributed by atoms with E-state index in [1.807, 2.05) is 28.8 Å². The van der Waals surface area contributed by atoms with Gasteiger partial charge < -0.3 is 9.64 Å². The van der Waals surface area contributed by atoms with E-state index in [1.165, 1.54) is 10.4 Å². The van der Waals surface area contributed by atoms with E-state index in [0.29, 0.717) is 45.0 Å². The lowest BCUT2D eigenvalue weighted by Gasteiger charge is -2.31. The highest BCUT2D eigenvalue weighted by atomic mass is 32.2. The van der Waals surface area contributed by atoms with Gasteiger partial charge in [-0.05, 0) is 43.2 Å². The Bertz CT molecular complexity index is 1230. The SMILES string of the molecule is O=C(c1cccc(S(=O)(=O)N2CCOCC2)c1)N1CCC(c2nnc3ccccn23)CC1. The molecule has 0 aliphatic carbocycles. The number of hydrogen-bond donors (Lipinski definition) is 0. The van der Waals surface area contributed by atoms with Crippen molar-refractivity contribution in [2.24, 2.45) is 0 Å². The molecule has 0 unspecified atom stereocenters. The number of aromatic nitrogens is 3. The van der Waals surface area contributed by atoms with Gasteiger partial charge in [0.25, 0.3) is 5.91 Å². The van der Waals surface area contributed by atoms with Crippen LogP contribution >= 0.6 is 0 Å². The summed E-state index contributed by atoms with van der Waals surface area (Å²) in [5, 5.41) is 8.59. The lowest BCUT2D eigenvalue weighted by Crippen LogP contribution is -2.41. The molecule has 2 aliphatic heterocycles. The van der Waals surface area contributed by atoms with Crippen LogP contribution in [0.4, 0.5) is 0 Å². The minimum absolute atomic E-state index is 0.145. The molecule has 2 aliphatic rings. The third-order valence-corrected chi connectivity index (χ3v) is 8.07. The molecule has 0 bridgehead atoms. The Kier molecular flexibility index (Phi) is 5.66. The summed E-state index contributed by atoms with van der Waals surface area (Å²) in [5.74, 6) is 1.00. The molecule has 0 radical (unpaired) electrons. The van der Waals surface area contributed by atoms with Crippen molar-refractivity contribution in [2.75, 3.05) is 39.4 Å². The molecule has 32 heavy (non-hydrogen) atoms. The van der Waals surface area contributed by atoms with Crippen molar-refractivity contribution in [1.82, 2.24) is 23.8 Å². The molecule has 168 valence electrons. The van der Waals surface area contributed by atoms with E-state index in [0.717, 1.165) is 24.3 Å². The van der Waals surface area contributed by atoms with Crippen LogP contribution in [0.2, 0.25) is 0 Å². The first-order valence-electron chi connectivity index (χ1n) is 10.8. The van der Waals surface area contributed by atoms with Crippen molar-refractivity contribution < 1.29 is 17.9 Å². The summed E-state index contributed by atoms with van der Waals surface area (Å²) in [6, 6.07) is 12.2. The Labute approximate surface area is 186 Å². The zero-order chi connectivity index (χ0) is 22.1. The van der Waals surface area contributed by atoms with Crippen molar-refractivity contribution in [3.63, 3.8) is 0 Å². The second-order valence-corrected chi connectivity index (χ2v) is 10.0. The molecule has 0 saturated carbocycles. The van der Waals surface area contributed by atoms with Gasteiger partial charge in [0, 0.05) is 43.9 Å². The van der Waals surface area contributed by atoms with Crippen LogP contribution in [-0.2, 0) is 14.8 Å². The molecule has 1 amide bonds. The van der Waals surface area contributed by atoms with Gasteiger partial charge >= 0.3 is 0 Å². The van der Waals surface area contributed by atoms with Crippen LogP contribution in [0.25, 0.3) is 5.65 Å². The number of rotatable bonds is 4. The van der Waals surface area contributed by atoms with Crippen molar-refractivity contribution in [3.05, 3.63) is 60.0 Å². The molecular weight excluding hydrogens is 430 g/mol. The Morgan fingerprint density at radius 3 is 2.53 bits per heavy atom. The van der Waals surface area contributed by atoms with Crippen molar-refractivity contribution in [2.45, 2.75) is 23.7 Å². The number of piperidine rings is 1. The first-order valence-corrected chi connectivity index (χ1v) is 12.2. The molecule has 0 N–H and O–H groups in total. The molecule has 3 aromatic rings. The van der Waals surface area contributed by atoms with Crippen LogP contribution in [0.1, 0.15) is 34.9 Å². The average Bonchev–Trinajstić information content (AvgIpc) is 3.28. The van der Waals surface area contributed by atoms with Crippen LogP contribution in [-0.4, -0.2) is 77.5 Å². The number of ether oxygens (including phenoxy) is 1. The second kappa shape index (κ2) is 8.61. The molecule has 2 saturated heterocycles. The summed E-state index contributed by atoms with van der Waals surface area (Å²) in [6.07, 6.45) is 3.53. The van der Waals surface area contributed by atoms with Crippen LogP contribution in [0.5, 0.6) is 0 Å². The summed E-state index contributed by atoms with van der Waals surface area (Å²) >= 11 is 0. The monoisotopic (exact) mass is 455 g/mol. The fourth-order valence-corrected chi connectivity index (χ4v) is 5.84. The van der Waals surface area contributed by atoms with Crippen LogP contribution in [0.3, 0.4) is 0 Å². The molecule has 2 aromatic heterocycles. The number of carbonyl (C=O) groups excluding carboxylic acids is 1. The van der Waals surface area contributed by atoms with E-state index < -0.39 is 10.0 Å². The van der Waals surface area contributed by atoms with E-state index in [2.05, 4.69) is 10.2 Å². The van der Waals surface area contributed by atoms with Gasteiger partial charge in [-0.25, -0.2) is 8.42 Å². The summed E-state index contributed by atoms with van der Waals surface area (Å²) in [6.45, 7) is 2.59. The fraction of sp³-hybridized carbons (Fsp3) is 0.409. The Morgan fingerprint density at radius 1 is 0.969 bits per heavy atom. The number of benzene rings is 1. The molecule has 1 aromatic carbocycles. The molecule has 2 fully saturated rings. The van der Waals surface area contributed by atoms with Gasteiger partial charge in [-0.3, -0.25) is 9.20 Å². The molecule has 0 spiro atoms. The first kappa shape index (κ1) is 21.0. The number of likely N-dealkylation sites (tertiary alicyclic amines) is 1. The largest absolute Gasteiger partial charge is 0.379 e. The highest BCUT2D eigenvalue weighted by molar-refractivity contribution is 7.89. The summed E-state index contributed by atoms with van der Waals surface area (Å²) in [5.41, 5.74) is 1.21. The molecule has 10 heteroatoms. The zero-order valence-electron chi connectivity index (χ0n) is 17.6. The van der Waals surface area contributed by atoms with E-state index in [9.17, 15) is 13.2 Å². The number of sulfonamides is 1. The van der Waals surface area contributed by atoms with Gasteiger partial charge in [-0.15, -0.1) is 10.2 Å². The topological polar surface area (TPSA) is 97.1 Å². The third-order valence-electron chi connectivity index (χ3n) is 6.18. The highest BCUT2D eigenvalue weighted by Gasteiger charge is 2.30. The van der Waals surface area contributed by atoms with Gasteiger partial charge in [0.05, 0.1) is 18.1 Å². The van der Waals surface area contributed by atoms with Crippen molar-refractivity contribution in [1.29, 1.82) is 0 Å². The first-order chi connectivity index (χ1) is 15.5. The number of pyridine rings is 1. The maximum absolute atomic E-state index is 13.1. The fourth-order valence-electron chi connectivity index (χ4n) is 4.39. The maximum atomic E-state index is 13.1.